The molecule has 11 heteroatoms. The predicted molar refractivity (Wildman–Crippen MR) is 125 cm³/mol. The summed E-state index contributed by atoms with van der Waals surface area (Å²) < 4.78 is 17.3. The smallest absolute Gasteiger partial charge is 0.378 e. The molecule has 0 aliphatic carbocycles. The Morgan fingerprint density at radius 1 is 1.09 bits per heavy atom. The van der Waals surface area contributed by atoms with Crippen LogP contribution in [0.25, 0.3) is 0 Å². The molecule has 2 heterocycles. The van der Waals surface area contributed by atoms with Crippen LogP contribution in [0.4, 0.5) is 11.6 Å². The number of fused-ring (bicyclic) bond motifs is 1. The van der Waals surface area contributed by atoms with Gasteiger partial charge in [-0.2, -0.15) is 4.98 Å². The van der Waals surface area contributed by atoms with Gasteiger partial charge in [0.05, 0.1) is 26.9 Å². The number of nitrogens with zero attached hydrogens (tertiary/aromatic N) is 3. The van der Waals surface area contributed by atoms with E-state index in [-0.39, 0.29) is 17.7 Å². The number of hydrogen-bond donors (Lipinski definition) is 2. The van der Waals surface area contributed by atoms with Crippen LogP contribution in [-0.2, 0) is 9.53 Å². The molecule has 2 N–H and O–H groups in total. The molecule has 0 radical (unpaired) electrons. The Bertz CT molecular complexity index is 1290. The van der Waals surface area contributed by atoms with Crippen molar-refractivity contribution in [3.63, 3.8) is 0 Å². The number of ether oxygens (including phenoxy) is 3. The third-order valence-electron chi connectivity index (χ3n) is 5.30. The van der Waals surface area contributed by atoms with E-state index in [1.54, 1.807) is 49.4 Å². The Labute approximate surface area is 200 Å². The van der Waals surface area contributed by atoms with Crippen molar-refractivity contribution >= 4 is 35.1 Å². The first-order chi connectivity index (χ1) is 16.4. The van der Waals surface area contributed by atoms with Crippen LogP contribution in [0.5, 0.6) is 11.5 Å². The van der Waals surface area contributed by atoms with Crippen LogP contribution < -0.4 is 20.1 Å². The average molecular weight is 484 g/mol. The van der Waals surface area contributed by atoms with Crippen molar-refractivity contribution in [2.45, 2.75) is 13.0 Å². The van der Waals surface area contributed by atoms with E-state index in [2.05, 4.69) is 20.7 Å². The quantitative estimate of drug-likeness (QED) is 0.510. The van der Waals surface area contributed by atoms with Crippen molar-refractivity contribution in [1.82, 2.24) is 14.8 Å². The largest absolute Gasteiger partial charge is 0.493 e. The summed E-state index contributed by atoms with van der Waals surface area (Å²) in [7, 11) is 4.27. The molecule has 1 amide bonds. The molecule has 1 aromatic heterocycles. The zero-order valence-corrected chi connectivity index (χ0v) is 19.6. The highest BCUT2D eigenvalue weighted by Gasteiger charge is 2.37. The molecule has 0 spiro atoms. The first kappa shape index (κ1) is 23.1. The van der Waals surface area contributed by atoms with E-state index in [0.717, 1.165) is 0 Å². The molecule has 34 heavy (non-hydrogen) atoms. The highest BCUT2D eigenvalue weighted by atomic mass is 35.5. The Morgan fingerprint density at radius 3 is 2.47 bits per heavy atom. The van der Waals surface area contributed by atoms with E-state index in [4.69, 9.17) is 25.8 Å². The van der Waals surface area contributed by atoms with Crippen LogP contribution in [0.2, 0.25) is 5.02 Å². The number of esters is 1. The summed E-state index contributed by atoms with van der Waals surface area (Å²) in [5.74, 6) is -0.0706. The highest BCUT2D eigenvalue weighted by molar-refractivity contribution is 6.30. The number of rotatable bonds is 6. The lowest BCUT2D eigenvalue weighted by atomic mass is 9.94. The van der Waals surface area contributed by atoms with Gasteiger partial charge in [0, 0.05) is 22.0 Å². The van der Waals surface area contributed by atoms with Gasteiger partial charge < -0.3 is 24.8 Å². The summed E-state index contributed by atoms with van der Waals surface area (Å²) in [5.41, 5.74) is 2.02. The lowest BCUT2D eigenvalue weighted by Gasteiger charge is -2.29. The Kier molecular flexibility index (Phi) is 6.42. The van der Waals surface area contributed by atoms with Crippen molar-refractivity contribution in [2.75, 3.05) is 32.0 Å². The van der Waals surface area contributed by atoms with Crippen molar-refractivity contribution < 1.29 is 23.8 Å². The molecule has 0 saturated heterocycles. The van der Waals surface area contributed by atoms with Crippen LogP contribution in [0.3, 0.4) is 0 Å². The number of methoxy groups -OCH3 is 3. The minimum absolute atomic E-state index is 0.149. The lowest BCUT2D eigenvalue weighted by molar-refractivity contribution is -0.113. The normalized spacial score (nSPS) is 14.7. The molecule has 3 aromatic rings. The molecule has 0 unspecified atom stereocenters. The summed E-state index contributed by atoms with van der Waals surface area (Å²) in [4.78, 5) is 29.9. The number of para-hydroxylation sites is 1. The van der Waals surface area contributed by atoms with Gasteiger partial charge in [-0.25, -0.2) is 9.48 Å². The summed E-state index contributed by atoms with van der Waals surface area (Å²) in [6, 6.07) is 11.3. The third-order valence-corrected chi connectivity index (χ3v) is 5.55. The van der Waals surface area contributed by atoms with Gasteiger partial charge in [0.2, 0.25) is 5.95 Å². The Hall–Kier alpha value is -4.05. The van der Waals surface area contributed by atoms with Gasteiger partial charge in [0.1, 0.15) is 6.04 Å². The number of carbonyl (C=O) groups is 2. The van der Waals surface area contributed by atoms with Crippen molar-refractivity contribution in [1.29, 1.82) is 0 Å². The van der Waals surface area contributed by atoms with E-state index >= 15 is 0 Å². The Balaban J connectivity index is 1.87. The van der Waals surface area contributed by atoms with Gasteiger partial charge in [0.15, 0.2) is 11.5 Å². The Morgan fingerprint density at radius 2 is 1.82 bits per heavy atom. The van der Waals surface area contributed by atoms with Gasteiger partial charge in [-0.1, -0.05) is 23.7 Å². The van der Waals surface area contributed by atoms with E-state index in [1.807, 2.05) is 0 Å². The second-order valence-corrected chi connectivity index (χ2v) is 7.74. The standard InChI is InChI=1S/C23H22ClN5O5/c1-12-17(21(30)26-14-10-8-13(24)9-11-14)18(15-6-5-7-16(32-2)19(15)33-3)29-23(25-12)27-20(28-29)22(31)34-4/h5-11,18H,1-4H3,(H,26,30)(H,25,27,28)/t18-/m1/s1. The molecule has 1 aliphatic heterocycles. The minimum atomic E-state index is -0.792. The van der Waals surface area contributed by atoms with Crippen LogP contribution in [-0.4, -0.2) is 48.0 Å². The second kappa shape index (κ2) is 9.44. The fraction of sp³-hybridized carbons (Fsp3) is 0.217. The molecule has 10 nitrogen and oxygen atoms in total. The molecule has 176 valence electrons. The molecular formula is C23H22ClN5O5. The SMILES string of the molecule is COC(=O)c1nc2n(n1)[C@H](c1cccc(OC)c1OC)C(C(=O)Nc1ccc(Cl)cc1)=C(C)N2. The number of halogens is 1. The number of hydrogen-bond acceptors (Lipinski definition) is 8. The minimum Gasteiger partial charge on any atom is -0.493 e. The molecule has 1 atom stereocenters. The highest BCUT2D eigenvalue weighted by Crippen LogP contribution is 2.43. The zero-order chi connectivity index (χ0) is 24.4. The molecule has 4 rings (SSSR count). The number of nitrogens with one attached hydrogen (secondary N) is 2. The maximum Gasteiger partial charge on any atom is 0.378 e. The molecule has 0 fully saturated rings. The molecular weight excluding hydrogens is 462 g/mol. The number of carbonyl (C=O) groups excluding carboxylic acids is 2. The first-order valence-electron chi connectivity index (χ1n) is 10.2. The van der Waals surface area contributed by atoms with E-state index in [1.165, 1.54) is 26.0 Å². The van der Waals surface area contributed by atoms with Gasteiger partial charge >= 0.3 is 5.97 Å². The van der Waals surface area contributed by atoms with Crippen LogP contribution >= 0.6 is 11.6 Å². The van der Waals surface area contributed by atoms with Gasteiger partial charge in [0.25, 0.3) is 11.7 Å². The first-order valence-corrected chi connectivity index (χ1v) is 10.6. The topological polar surface area (TPSA) is 117 Å². The van der Waals surface area contributed by atoms with Gasteiger partial charge in [-0.15, -0.1) is 5.10 Å². The summed E-state index contributed by atoms with van der Waals surface area (Å²) >= 11 is 5.97. The number of amides is 1. The van der Waals surface area contributed by atoms with E-state index in [0.29, 0.717) is 39.0 Å². The fourth-order valence-electron chi connectivity index (χ4n) is 3.77. The summed E-state index contributed by atoms with van der Waals surface area (Å²) in [6.45, 7) is 1.74. The fourth-order valence-corrected chi connectivity index (χ4v) is 3.90. The van der Waals surface area contributed by atoms with E-state index in [9.17, 15) is 9.59 Å². The van der Waals surface area contributed by atoms with Crippen molar-refractivity contribution in [3.8, 4) is 11.5 Å². The molecule has 0 bridgehead atoms. The van der Waals surface area contributed by atoms with E-state index < -0.39 is 12.0 Å². The molecule has 0 saturated carbocycles. The van der Waals surface area contributed by atoms with Crippen molar-refractivity contribution in [3.05, 3.63) is 70.1 Å². The summed E-state index contributed by atoms with van der Waals surface area (Å²) in [6.07, 6.45) is 0. The molecule has 2 aromatic carbocycles. The van der Waals surface area contributed by atoms with Crippen molar-refractivity contribution in [2.24, 2.45) is 0 Å². The van der Waals surface area contributed by atoms with Gasteiger partial charge in [-0.3, -0.25) is 4.79 Å². The maximum absolute atomic E-state index is 13.5. The number of anilines is 2. The monoisotopic (exact) mass is 483 g/mol. The summed E-state index contributed by atoms with van der Waals surface area (Å²) in [5, 5.41) is 10.8. The zero-order valence-electron chi connectivity index (χ0n) is 18.9. The number of benzene rings is 2. The average Bonchev–Trinajstić information content (AvgIpc) is 3.27. The van der Waals surface area contributed by atoms with Crippen LogP contribution in [0, 0.1) is 0 Å². The van der Waals surface area contributed by atoms with Gasteiger partial charge in [-0.05, 0) is 37.3 Å². The number of aromatic nitrogens is 3. The lowest BCUT2D eigenvalue weighted by Crippen LogP contribution is -2.31. The maximum atomic E-state index is 13.5. The van der Waals surface area contributed by atoms with Crippen LogP contribution in [0.1, 0.15) is 29.1 Å². The third kappa shape index (κ3) is 4.15. The second-order valence-electron chi connectivity index (χ2n) is 7.31. The number of allylic oxidation sites excluding steroid dienone is 1. The van der Waals surface area contributed by atoms with Crippen LogP contribution in [0.15, 0.2) is 53.7 Å². The molecule has 1 aliphatic rings. The predicted octanol–water partition coefficient (Wildman–Crippen LogP) is 3.66.